The van der Waals surface area contributed by atoms with Crippen LogP contribution < -0.4 is 0 Å². The van der Waals surface area contributed by atoms with Gasteiger partial charge in [0.25, 0.3) is 0 Å². The summed E-state index contributed by atoms with van der Waals surface area (Å²) in [7, 11) is 0. The van der Waals surface area contributed by atoms with Crippen molar-refractivity contribution in [3.8, 4) is 0 Å². The Hall–Kier alpha value is -3.15. The largest absolute Gasteiger partial charge is 0.462 e. The van der Waals surface area contributed by atoms with Crippen molar-refractivity contribution in [2.45, 2.75) is 252 Å². The smallest absolute Gasteiger partial charge is 0.306 e. The van der Waals surface area contributed by atoms with Crippen LogP contribution in [0.3, 0.4) is 0 Å². The lowest BCUT2D eigenvalue weighted by molar-refractivity contribution is -0.167. The van der Waals surface area contributed by atoms with E-state index in [4.69, 9.17) is 14.2 Å². The molecule has 0 spiro atoms. The molecule has 1 unspecified atom stereocenters. The van der Waals surface area contributed by atoms with Crippen molar-refractivity contribution in [2.24, 2.45) is 0 Å². The van der Waals surface area contributed by atoms with Crippen LogP contribution in [0.15, 0.2) is 72.9 Å². The molecule has 0 N–H and O–H groups in total. The molecule has 0 heterocycles. The van der Waals surface area contributed by atoms with Crippen LogP contribution in [0.1, 0.15) is 245 Å². The van der Waals surface area contributed by atoms with E-state index in [1.807, 2.05) is 0 Å². The molecule has 62 heavy (non-hydrogen) atoms. The number of unbranched alkanes of at least 4 members (excludes halogenated alkanes) is 24. The van der Waals surface area contributed by atoms with E-state index in [0.717, 1.165) is 89.9 Å². The van der Waals surface area contributed by atoms with Crippen LogP contribution >= 0.6 is 0 Å². The molecule has 0 aromatic rings. The van der Waals surface area contributed by atoms with Crippen molar-refractivity contribution >= 4 is 17.9 Å². The van der Waals surface area contributed by atoms with Crippen molar-refractivity contribution in [1.82, 2.24) is 0 Å². The lowest BCUT2D eigenvalue weighted by atomic mass is 10.1. The third kappa shape index (κ3) is 47.9. The molecule has 0 aromatic heterocycles. The topological polar surface area (TPSA) is 78.9 Å². The van der Waals surface area contributed by atoms with Gasteiger partial charge in [-0.1, -0.05) is 196 Å². The van der Waals surface area contributed by atoms with Crippen LogP contribution in [0.4, 0.5) is 0 Å². The zero-order valence-electron chi connectivity index (χ0n) is 40.6. The Morgan fingerprint density at radius 3 is 1.18 bits per heavy atom. The Labute approximate surface area is 382 Å². The Balaban J connectivity index is 4.39. The Morgan fingerprint density at radius 1 is 0.355 bits per heavy atom. The summed E-state index contributed by atoms with van der Waals surface area (Å²) >= 11 is 0. The minimum absolute atomic E-state index is 0.0954. The van der Waals surface area contributed by atoms with Gasteiger partial charge in [-0.3, -0.25) is 14.4 Å². The molecule has 0 fully saturated rings. The van der Waals surface area contributed by atoms with E-state index in [0.29, 0.717) is 19.3 Å². The van der Waals surface area contributed by atoms with Gasteiger partial charge in [0.2, 0.25) is 0 Å². The van der Waals surface area contributed by atoms with Gasteiger partial charge in [0.15, 0.2) is 6.10 Å². The van der Waals surface area contributed by atoms with Crippen molar-refractivity contribution in [3.63, 3.8) is 0 Å². The maximum absolute atomic E-state index is 12.8. The summed E-state index contributed by atoms with van der Waals surface area (Å²) in [6.07, 6.45) is 63.2. The number of allylic oxidation sites excluding steroid dienone is 12. The molecule has 0 bridgehead atoms. The number of carbonyl (C=O) groups excluding carboxylic acids is 3. The highest BCUT2D eigenvalue weighted by Gasteiger charge is 2.19. The number of carbonyl (C=O) groups is 3. The number of ether oxygens (including phenoxy) is 3. The van der Waals surface area contributed by atoms with E-state index < -0.39 is 6.10 Å². The van der Waals surface area contributed by atoms with Gasteiger partial charge < -0.3 is 14.2 Å². The molecule has 0 aliphatic rings. The van der Waals surface area contributed by atoms with Crippen LogP contribution in [0.2, 0.25) is 0 Å². The second-order valence-electron chi connectivity index (χ2n) is 17.1. The molecule has 6 nitrogen and oxygen atoms in total. The second kappa shape index (κ2) is 50.5. The minimum Gasteiger partial charge on any atom is -0.462 e. The molecular formula is C56H96O6. The molecule has 1 atom stereocenters. The lowest BCUT2D eigenvalue weighted by Crippen LogP contribution is -2.30. The summed E-state index contributed by atoms with van der Waals surface area (Å²) in [5.74, 6) is -0.955. The average molecular weight is 865 g/mol. The minimum atomic E-state index is -0.799. The van der Waals surface area contributed by atoms with Crippen molar-refractivity contribution < 1.29 is 28.6 Å². The fourth-order valence-electron chi connectivity index (χ4n) is 7.03. The number of hydrogen-bond acceptors (Lipinski definition) is 6. The maximum Gasteiger partial charge on any atom is 0.306 e. The van der Waals surface area contributed by atoms with Crippen LogP contribution in [-0.4, -0.2) is 37.2 Å². The summed E-state index contributed by atoms with van der Waals surface area (Å²) in [5, 5.41) is 0. The molecule has 0 saturated heterocycles. The van der Waals surface area contributed by atoms with E-state index >= 15 is 0 Å². The molecule has 356 valence electrons. The monoisotopic (exact) mass is 865 g/mol. The molecule has 0 rings (SSSR count). The zero-order chi connectivity index (χ0) is 45.1. The second-order valence-corrected chi connectivity index (χ2v) is 17.1. The molecule has 0 amide bonds. The van der Waals surface area contributed by atoms with Crippen LogP contribution in [0.25, 0.3) is 0 Å². The maximum atomic E-state index is 12.8. The van der Waals surface area contributed by atoms with Crippen LogP contribution in [0, 0.1) is 0 Å². The first-order valence-corrected chi connectivity index (χ1v) is 26.0. The van der Waals surface area contributed by atoms with E-state index in [9.17, 15) is 14.4 Å². The summed E-state index contributed by atoms with van der Waals surface area (Å²) in [4.78, 5) is 37.9. The van der Waals surface area contributed by atoms with Gasteiger partial charge in [-0.2, -0.15) is 0 Å². The van der Waals surface area contributed by atoms with E-state index in [-0.39, 0.29) is 31.1 Å². The Kier molecular flexibility index (Phi) is 47.9. The Morgan fingerprint density at radius 2 is 0.677 bits per heavy atom. The van der Waals surface area contributed by atoms with Gasteiger partial charge in [0, 0.05) is 19.3 Å². The Bertz CT molecular complexity index is 1180. The number of hydrogen-bond donors (Lipinski definition) is 0. The highest BCUT2D eigenvalue weighted by molar-refractivity contribution is 5.71. The normalized spacial score (nSPS) is 12.6. The van der Waals surface area contributed by atoms with Gasteiger partial charge in [-0.15, -0.1) is 0 Å². The SMILES string of the molecule is CC/C=C\C/C=C\C/C=C\CCCCC(=O)OCC(COC(=O)CCCCCCCCCCCC/C=C\C=C/CCCCC)OC(=O)CCCCC/C=C\CCCCCCCC. The molecule has 6 heteroatoms. The number of rotatable bonds is 46. The van der Waals surface area contributed by atoms with Crippen molar-refractivity contribution in [2.75, 3.05) is 13.2 Å². The third-order valence-electron chi connectivity index (χ3n) is 10.9. The van der Waals surface area contributed by atoms with E-state index in [2.05, 4.69) is 93.7 Å². The predicted octanol–water partition coefficient (Wildman–Crippen LogP) is 17.0. The highest BCUT2D eigenvalue weighted by atomic mass is 16.6. The molecule has 0 aliphatic carbocycles. The molecule has 0 aliphatic heterocycles. The zero-order valence-corrected chi connectivity index (χ0v) is 40.6. The van der Waals surface area contributed by atoms with Crippen LogP contribution in [0.5, 0.6) is 0 Å². The van der Waals surface area contributed by atoms with Gasteiger partial charge in [-0.05, 0) is 103 Å². The van der Waals surface area contributed by atoms with E-state index in [1.54, 1.807) is 0 Å². The van der Waals surface area contributed by atoms with Gasteiger partial charge >= 0.3 is 17.9 Å². The first kappa shape index (κ1) is 58.9. The molecule has 0 radical (unpaired) electrons. The van der Waals surface area contributed by atoms with Gasteiger partial charge in [0.05, 0.1) is 0 Å². The third-order valence-corrected chi connectivity index (χ3v) is 10.9. The van der Waals surface area contributed by atoms with Gasteiger partial charge in [0.1, 0.15) is 13.2 Å². The summed E-state index contributed by atoms with van der Waals surface area (Å²) in [6.45, 7) is 6.44. The standard InChI is InChI=1S/C56H96O6/c1-4-7-10-13-16-19-22-25-26-27-28-29-30-32-34-37-40-43-46-49-55(58)61-52-53(51-60-54(57)48-45-42-39-36-33-24-21-18-15-12-9-6-3)62-56(59)50-47-44-41-38-35-31-23-20-17-14-11-8-5-2/h9,12,16,18-19,21-22,25,31,33,35-36,53H,4-8,10-11,13-15,17,20,23-24,26-30,32,34,37-52H2,1-3H3/b12-9-,19-16-,21-18-,25-22-,35-31-,36-33-. The highest BCUT2D eigenvalue weighted by Crippen LogP contribution is 2.14. The fraction of sp³-hybridized carbons (Fsp3) is 0.732. The molecule has 0 aromatic carbocycles. The summed E-state index contributed by atoms with van der Waals surface area (Å²) < 4.78 is 16.7. The lowest BCUT2D eigenvalue weighted by Gasteiger charge is -2.18. The van der Waals surface area contributed by atoms with Crippen molar-refractivity contribution in [1.29, 1.82) is 0 Å². The van der Waals surface area contributed by atoms with Crippen molar-refractivity contribution in [3.05, 3.63) is 72.9 Å². The van der Waals surface area contributed by atoms with E-state index in [1.165, 1.54) is 116 Å². The predicted molar refractivity (Wildman–Crippen MR) is 265 cm³/mol. The summed E-state index contributed by atoms with van der Waals surface area (Å²) in [6, 6.07) is 0. The average Bonchev–Trinajstić information content (AvgIpc) is 3.27. The number of esters is 3. The quantitative estimate of drug-likeness (QED) is 0.0199. The molecule has 0 saturated carbocycles. The summed E-state index contributed by atoms with van der Waals surface area (Å²) in [5.41, 5.74) is 0. The molecular weight excluding hydrogens is 769 g/mol. The van der Waals surface area contributed by atoms with Crippen LogP contribution in [-0.2, 0) is 28.6 Å². The first-order chi connectivity index (χ1) is 30.5. The first-order valence-electron chi connectivity index (χ1n) is 26.0. The fourth-order valence-corrected chi connectivity index (χ4v) is 7.03. The van der Waals surface area contributed by atoms with Gasteiger partial charge in [-0.25, -0.2) is 0 Å².